The number of carboxylic acids is 1. The summed E-state index contributed by atoms with van der Waals surface area (Å²) in [6, 6.07) is 0. The molecule has 2 nitrogen and oxygen atoms in total. The van der Waals surface area contributed by atoms with E-state index in [-0.39, 0.29) is 37.7 Å². The zero-order valence-corrected chi connectivity index (χ0v) is 7.58. The second-order valence-electron chi connectivity index (χ2n) is 1.22. The zero-order valence-electron chi connectivity index (χ0n) is 5.37. The maximum absolute atomic E-state index is 9.75. The number of carboxylic acid groups (broad SMARTS) is 1. The normalized spacial score (nSPS) is 9.89. The SMILES string of the molecule is C/C=C/C=C/C(=O)O.[Ca]. The summed E-state index contributed by atoms with van der Waals surface area (Å²) in [6.45, 7) is 1.83. The van der Waals surface area contributed by atoms with Crippen molar-refractivity contribution in [3.8, 4) is 0 Å². The molecule has 0 amide bonds. The quantitative estimate of drug-likeness (QED) is 0.361. The van der Waals surface area contributed by atoms with Crippen molar-refractivity contribution in [3.05, 3.63) is 24.3 Å². The van der Waals surface area contributed by atoms with Crippen molar-refractivity contribution in [2.45, 2.75) is 6.92 Å². The summed E-state index contributed by atoms with van der Waals surface area (Å²) in [6.07, 6.45) is 5.98. The molecule has 0 aliphatic carbocycles. The largest absolute Gasteiger partial charge is 0.478 e. The number of allylic oxidation sites excluding steroid dienone is 3. The molecule has 0 spiro atoms. The molecule has 3 heteroatoms. The Balaban J connectivity index is 0. The molecule has 2 radical (unpaired) electrons. The third-order valence-corrected chi connectivity index (χ3v) is 0.542. The average molecular weight is 152 g/mol. The molecule has 0 aliphatic rings. The third kappa shape index (κ3) is 11.7. The van der Waals surface area contributed by atoms with Crippen LogP contribution >= 0.6 is 0 Å². The van der Waals surface area contributed by atoms with Gasteiger partial charge in [-0.2, -0.15) is 0 Å². The van der Waals surface area contributed by atoms with Gasteiger partial charge >= 0.3 is 5.97 Å². The minimum Gasteiger partial charge on any atom is -0.478 e. The van der Waals surface area contributed by atoms with Gasteiger partial charge in [0.25, 0.3) is 0 Å². The predicted molar refractivity (Wildman–Crippen MR) is 37.3 cm³/mol. The number of rotatable bonds is 2. The topological polar surface area (TPSA) is 37.3 Å². The van der Waals surface area contributed by atoms with Crippen molar-refractivity contribution in [1.82, 2.24) is 0 Å². The number of aliphatic carboxylic acids is 1. The van der Waals surface area contributed by atoms with Crippen LogP contribution in [0.1, 0.15) is 6.92 Å². The Morgan fingerprint density at radius 3 is 2.33 bits per heavy atom. The molecule has 46 valence electrons. The first-order valence-electron chi connectivity index (χ1n) is 2.29. The van der Waals surface area contributed by atoms with Gasteiger partial charge in [0, 0.05) is 43.8 Å². The second kappa shape index (κ2) is 8.21. The summed E-state index contributed by atoms with van der Waals surface area (Å²) in [5, 5.41) is 8.02. The van der Waals surface area contributed by atoms with Gasteiger partial charge in [0.05, 0.1) is 0 Å². The Morgan fingerprint density at radius 1 is 1.44 bits per heavy atom. The molecule has 0 aromatic rings. The van der Waals surface area contributed by atoms with Crippen LogP contribution in [-0.2, 0) is 4.79 Å². The Bertz CT molecular complexity index is 127. The van der Waals surface area contributed by atoms with Crippen molar-refractivity contribution in [3.63, 3.8) is 0 Å². The first kappa shape index (κ1) is 11.9. The summed E-state index contributed by atoms with van der Waals surface area (Å²) in [4.78, 5) is 9.75. The van der Waals surface area contributed by atoms with Crippen molar-refractivity contribution in [1.29, 1.82) is 0 Å². The van der Waals surface area contributed by atoms with E-state index >= 15 is 0 Å². The third-order valence-electron chi connectivity index (χ3n) is 0.542. The van der Waals surface area contributed by atoms with Gasteiger partial charge < -0.3 is 5.11 Å². The van der Waals surface area contributed by atoms with Crippen molar-refractivity contribution >= 4 is 43.7 Å². The van der Waals surface area contributed by atoms with E-state index in [0.717, 1.165) is 6.08 Å². The maximum atomic E-state index is 9.75. The standard InChI is InChI=1S/C6H8O2.Ca/c1-2-3-4-5-6(7)8;/h2-5H,1H3,(H,7,8);/b3-2+,5-4+;. The van der Waals surface area contributed by atoms with Crippen LogP contribution in [0, 0.1) is 0 Å². The molecule has 0 heterocycles. The van der Waals surface area contributed by atoms with E-state index < -0.39 is 5.97 Å². The van der Waals surface area contributed by atoms with Crippen molar-refractivity contribution < 1.29 is 9.90 Å². The summed E-state index contributed by atoms with van der Waals surface area (Å²) in [5.41, 5.74) is 0. The molecule has 0 saturated heterocycles. The molecule has 9 heavy (non-hydrogen) atoms. The first-order valence-corrected chi connectivity index (χ1v) is 2.29. The van der Waals surface area contributed by atoms with Gasteiger partial charge in [0.1, 0.15) is 0 Å². The molecule has 0 rings (SSSR count). The van der Waals surface area contributed by atoms with E-state index in [1.165, 1.54) is 6.08 Å². The fourth-order valence-corrected chi connectivity index (χ4v) is 0.249. The van der Waals surface area contributed by atoms with Gasteiger partial charge in [-0.15, -0.1) is 0 Å². The smallest absolute Gasteiger partial charge is 0.328 e. The van der Waals surface area contributed by atoms with Gasteiger partial charge in [-0.3, -0.25) is 0 Å². The van der Waals surface area contributed by atoms with E-state index in [2.05, 4.69) is 0 Å². The molecule has 0 atom stereocenters. The van der Waals surface area contributed by atoms with Gasteiger partial charge in [-0.25, -0.2) is 4.79 Å². The van der Waals surface area contributed by atoms with Crippen LogP contribution in [0.2, 0.25) is 0 Å². The van der Waals surface area contributed by atoms with Crippen LogP contribution < -0.4 is 0 Å². The van der Waals surface area contributed by atoms with Gasteiger partial charge in [0.2, 0.25) is 0 Å². The summed E-state index contributed by atoms with van der Waals surface area (Å²) in [5.74, 6) is -0.914. The number of hydrogen-bond donors (Lipinski definition) is 1. The molecule has 0 unspecified atom stereocenters. The van der Waals surface area contributed by atoms with Crippen LogP contribution in [0.15, 0.2) is 24.3 Å². The number of carbonyl (C=O) groups is 1. The Labute approximate surface area is 84.3 Å². The fourth-order valence-electron chi connectivity index (χ4n) is 0.249. The second-order valence-corrected chi connectivity index (χ2v) is 1.22. The monoisotopic (exact) mass is 152 g/mol. The average Bonchev–Trinajstić information content (AvgIpc) is 1.66. The summed E-state index contributed by atoms with van der Waals surface area (Å²) < 4.78 is 0. The molecule has 0 bridgehead atoms. The van der Waals surface area contributed by atoms with Gasteiger partial charge in [-0.1, -0.05) is 18.2 Å². The summed E-state index contributed by atoms with van der Waals surface area (Å²) in [7, 11) is 0. The molecular weight excluding hydrogens is 144 g/mol. The molecule has 0 fully saturated rings. The van der Waals surface area contributed by atoms with Crippen LogP contribution in [0.4, 0.5) is 0 Å². The van der Waals surface area contributed by atoms with Crippen molar-refractivity contribution in [2.24, 2.45) is 0 Å². The molecule has 0 aromatic heterocycles. The maximum Gasteiger partial charge on any atom is 0.328 e. The van der Waals surface area contributed by atoms with Gasteiger partial charge in [0.15, 0.2) is 0 Å². The minimum atomic E-state index is -0.914. The van der Waals surface area contributed by atoms with E-state index in [4.69, 9.17) is 5.11 Å². The van der Waals surface area contributed by atoms with Crippen LogP contribution in [0.25, 0.3) is 0 Å². The zero-order chi connectivity index (χ0) is 6.41. The van der Waals surface area contributed by atoms with Crippen molar-refractivity contribution in [2.75, 3.05) is 0 Å². The first-order chi connectivity index (χ1) is 3.77. The van der Waals surface area contributed by atoms with E-state index in [9.17, 15) is 4.79 Å². The predicted octanol–water partition coefficient (Wildman–Crippen LogP) is 0.823. The number of hydrogen-bond acceptors (Lipinski definition) is 1. The van der Waals surface area contributed by atoms with E-state index in [1.807, 2.05) is 6.92 Å². The fraction of sp³-hybridized carbons (Fsp3) is 0.167. The molecule has 0 aromatic carbocycles. The molecule has 0 aliphatic heterocycles. The minimum absolute atomic E-state index is 0. The molecular formula is C6H8CaO2. The Hall–Kier alpha value is 0.210. The Kier molecular flexibility index (Phi) is 10.9. The van der Waals surface area contributed by atoms with Crippen LogP contribution in [0.5, 0.6) is 0 Å². The Morgan fingerprint density at radius 2 is 2.00 bits per heavy atom. The van der Waals surface area contributed by atoms with E-state index in [1.54, 1.807) is 12.2 Å². The van der Waals surface area contributed by atoms with E-state index in [0.29, 0.717) is 0 Å². The van der Waals surface area contributed by atoms with Gasteiger partial charge in [-0.05, 0) is 6.92 Å². The summed E-state index contributed by atoms with van der Waals surface area (Å²) >= 11 is 0. The van der Waals surface area contributed by atoms with Crippen LogP contribution in [0.3, 0.4) is 0 Å². The molecule has 0 saturated carbocycles. The molecule has 1 N–H and O–H groups in total. The van der Waals surface area contributed by atoms with Crippen LogP contribution in [-0.4, -0.2) is 48.8 Å².